The molecule has 0 amide bonds. The second-order valence-electron chi connectivity index (χ2n) is 5.85. The van der Waals surface area contributed by atoms with E-state index in [0.717, 1.165) is 12.3 Å². The molecule has 0 N–H and O–H groups in total. The molecule has 0 radical (unpaired) electrons. The van der Waals surface area contributed by atoms with Crippen molar-refractivity contribution >= 4 is 39.0 Å². The molecule has 27 heavy (non-hydrogen) atoms. The second kappa shape index (κ2) is 7.46. The lowest BCUT2D eigenvalue weighted by molar-refractivity contribution is -0.137. The highest BCUT2D eigenvalue weighted by atomic mass is 35.5. The molecule has 0 saturated carbocycles. The normalized spacial score (nSPS) is 16.6. The van der Waals surface area contributed by atoms with Crippen molar-refractivity contribution in [2.24, 2.45) is 0 Å². The summed E-state index contributed by atoms with van der Waals surface area (Å²) >= 11 is 11.9. The number of halogens is 5. The largest absolute Gasteiger partial charge is 0.417 e. The van der Waals surface area contributed by atoms with E-state index in [4.69, 9.17) is 23.2 Å². The van der Waals surface area contributed by atoms with Gasteiger partial charge in [-0.05, 0) is 24.3 Å². The highest BCUT2D eigenvalue weighted by Crippen LogP contribution is 2.32. The maximum atomic E-state index is 12.8. The van der Waals surface area contributed by atoms with E-state index in [9.17, 15) is 21.6 Å². The van der Waals surface area contributed by atoms with Crippen LogP contribution in [0.25, 0.3) is 0 Å². The zero-order chi connectivity index (χ0) is 19.8. The Labute approximate surface area is 164 Å². The fourth-order valence-electron chi connectivity index (χ4n) is 2.72. The Bertz CT molecular complexity index is 929. The van der Waals surface area contributed by atoms with Crippen molar-refractivity contribution in [3.63, 3.8) is 0 Å². The summed E-state index contributed by atoms with van der Waals surface area (Å²) in [5.41, 5.74) is -0.830. The number of pyridine rings is 1. The minimum absolute atomic E-state index is 0.0361. The van der Waals surface area contributed by atoms with Crippen LogP contribution in [-0.2, 0) is 16.2 Å². The second-order valence-corrected chi connectivity index (χ2v) is 8.54. The summed E-state index contributed by atoms with van der Waals surface area (Å²) < 4.78 is 64.7. The quantitative estimate of drug-likeness (QED) is 0.727. The van der Waals surface area contributed by atoms with Crippen molar-refractivity contribution in [2.75, 3.05) is 31.1 Å². The van der Waals surface area contributed by atoms with E-state index in [1.807, 2.05) is 0 Å². The Kier molecular flexibility index (Phi) is 5.58. The number of hydrogen-bond acceptors (Lipinski definition) is 4. The number of piperazine rings is 1. The monoisotopic (exact) mass is 439 g/mol. The third kappa shape index (κ3) is 4.16. The number of benzene rings is 1. The van der Waals surface area contributed by atoms with Gasteiger partial charge in [0.1, 0.15) is 10.7 Å². The first kappa shape index (κ1) is 20.2. The molecule has 1 aliphatic heterocycles. The van der Waals surface area contributed by atoms with Gasteiger partial charge in [0.25, 0.3) is 0 Å². The van der Waals surface area contributed by atoms with Crippen molar-refractivity contribution in [1.29, 1.82) is 0 Å². The Balaban J connectivity index is 1.72. The molecular formula is C16H14Cl2F3N3O2S. The SMILES string of the molecule is O=S(=O)(c1cccc(Cl)c1Cl)N1CCN(c2ccc(C(F)(F)F)cn2)CC1. The number of rotatable bonds is 3. The van der Waals surface area contributed by atoms with Gasteiger partial charge in [0, 0.05) is 32.4 Å². The average molecular weight is 440 g/mol. The summed E-state index contributed by atoms with van der Waals surface area (Å²) in [5.74, 6) is 0.362. The van der Waals surface area contributed by atoms with Crippen LogP contribution in [0.5, 0.6) is 0 Å². The smallest absolute Gasteiger partial charge is 0.354 e. The topological polar surface area (TPSA) is 53.5 Å². The lowest BCUT2D eigenvalue weighted by atomic mass is 10.2. The fourth-order valence-corrected chi connectivity index (χ4v) is 4.88. The molecular weight excluding hydrogens is 426 g/mol. The van der Waals surface area contributed by atoms with Gasteiger partial charge in [-0.15, -0.1) is 0 Å². The molecule has 3 rings (SSSR count). The van der Waals surface area contributed by atoms with E-state index in [2.05, 4.69) is 4.98 Å². The summed E-state index contributed by atoms with van der Waals surface area (Å²) in [5, 5.41) is 0.108. The van der Waals surface area contributed by atoms with Gasteiger partial charge in [-0.3, -0.25) is 0 Å². The fraction of sp³-hybridized carbons (Fsp3) is 0.312. The molecule has 0 atom stereocenters. The number of sulfonamides is 1. The van der Waals surface area contributed by atoms with Crippen LogP contribution in [0, 0.1) is 0 Å². The number of alkyl halides is 3. The third-order valence-electron chi connectivity index (χ3n) is 4.17. The van der Waals surface area contributed by atoms with E-state index < -0.39 is 21.8 Å². The van der Waals surface area contributed by atoms with Crippen LogP contribution < -0.4 is 4.90 Å². The predicted octanol–water partition coefficient (Wildman–Crippen LogP) is 3.92. The Morgan fingerprint density at radius 1 is 1.00 bits per heavy atom. The first-order valence-electron chi connectivity index (χ1n) is 7.83. The average Bonchev–Trinajstić information content (AvgIpc) is 2.63. The highest BCUT2D eigenvalue weighted by molar-refractivity contribution is 7.89. The minimum Gasteiger partial charge on any atom is -0.354 e. The molecule has 1 aromatic carbocycles. The van der Waals surface area contributed by atoms with Crippen molar-refractivity contribution < 1.29 is 21.6 Å². The van der Waals surface area contributed by atoms with Gasteiger partial charge in [-0.25, -0.2) is 13.4 Å². The molecule has 1 fully saturated rings. The Morgan fingerprint density at radius 2 is 1.67 bits per heavy atom. The van der Waals surface area contributed by atoms with Gasteiger partial charge in [0.2, 0.25) is 10.0 Å². The predicted molar refractivity (Wildman–Crippen MR) is 96.7 cm³/mol. The van der Waals surface area contributed by atoms with Crippen LogP contribution in [0.3, 0.4) is 0 Å². The van der Waals surface area contributed by atoms with Gasteiger partial charge in [0.05, 0.1) is 15.6 Å². The number of anilines is 1. The zero-order valence-electron chi connectivity index (χ0n) is 13.7. The maximum Gasteiger partial charge on any atom is 0.417 e. The van der Waals surface area contributed by atoms with Crippen LogP contribution in [0.4, 0.5) is 19.0 Å². The van der Waals surface area contributed by atoms with Gasteiger partial charge >= 0.3 is 6.18 Å². The van der Waals surface area contributed by atoms with Crippen molar-refractivity contribution in [2.45, 2.75) is 11.1 Å². The molecule has 1 aromatic heterocycles. The first-order chi connectivity index (χ1) is 12.6. The molecule has 11 heteroatoms. The molecule has 1 aliphatic rings. The van der Waals surface area contributed by atoms with Gasteiger partial charge in [-0.1, -0.05) is 29.3 Å². The molecule has 0 aliphatic carbocycles. The molecule has 5 nitrogen and oxygen atoms in total. The van der Waals surface area contributed by atoms with Crippen molar-refractivity contribution in [1.82, 2.24) is 9.29 Å². The Hall–Kier alpha value is -1.55. The van der Waals surface area contributed by atoms with E-state index in [-0.39, 0.29) is 41.1 Å². The van der Waals surface area contributed by atoms with Crippen LogP contribution in [0.1, 0.15) is 5.56 Å². The van der Waals surface area contributed by atoms with Gasteiger partial charge in [-0.2, -0.15) is 17.5 Å². The molecule has 2 aromatic rings. The van der Waals surface area contributed by atoms with Crippen molar-refractivity contribution in [3.8, 4) is 0 Å². The molecule has 0 unspecified atom stereocenters. The standard InChI is InChI=1S/C16H14Cl2F3N3O2S/c17-12-2-1-3-13(15(12)18)27(25,26)24-8-6-23(7-9-24)14-5-4-11(10-22-14)16(19,20)21/h1-5,10H,6-9H2. The lowest BCUT2D eigenvalue weighted by Gasteiger charge is -2.34. The van der Waals surface area contributed by atoms with Crippen molar-refractivity contribution in [3.05, 3.63) is 52.1 Å². The number of hydrogen-bond donors (Lipinski definition) is 0. The van der Waals surface area contributed by atoms with E-state index >= 15 is 0 Å². The molecule has 1 saturated heterocycles. The van der Waals surface area contributed by atoms with E-state index in [1.54, 1.807) is 4.90 Å². The summed E-state index contributed by atoms with van der Waals surface area (Å²) in [6.45, 7) is 0.868. The summed E-state index contributed by atoms with van der Waals surface area (Å²) in [4.78, 5) is 5.50. The molecule has 0 spiro atoms. The molecule has 2 heterocycles. The maximum absolute atomic E-state index is 12.8. The zero-order valence-corrected chi connectivity index (χ0v) is 16.1. The summed E-state index contributed by atoms with van der Waals surface area (Å²) in [6.07, 6.45) is -3.68. The minimum atomic E-state index is -4.45. The summed E-state index contributed by atoms with van der Waals surface area (Å²) in [7, 11) is -3.83. The number of nitrogens with zero attached hydrogens (tertiary/aromatic N) is 3. The van der Waals surface area contributed by atoms with E-state index in [1.165, 1.54) is 28.6 Å². The first-order valence-corrected chi connectivity index (χ1v) is 10.0. The van der Waals surface area contributed by atoms with Gasteiger partial charge in [0.15, 0.2) is 0 Å². The molecule has 146 valence electrons. The molecule has 0 bridgehead atoms. The van der Waals surface area contributed by atoms with Crippen LogP contribution in [0.2, 0.25) is 10.0 Å². The van der Waals surface area contributed by atoms with E-state index in [0.29, 0.717) is 5.82 Å². The Morgan fingerprint density at radius 3 is 2.22 bits per heavy atom. The lowest BCUT2D eigenvalue weighted by Crippen LogP contribution is -2.49. The van der Waals surface area contributed by atoms with Crippen LogP contribution in [0.15, 0.2) is 41.4 Å². The highest BCUT2D eigenvalue weighted by Gasteiger charge is 2.33. The van der Waals surface area contributed by atoms with Crippen LogP contribution in [-0.4, -0.2) is 43.9 Å². The summed E-state index contributed by atoms with van der Waals surface area (Å²) in [6, 6.07) is 6.62. The van der Waals surface area contributed by atoms with Crippen LogP contribution >= 0.6 is 23.2 Å². The third-order valence-corrected chi connectivity index (χ3v) is 7.04. The van der Waals surface area contributed by atoms with Gasteiger partial charge < -0.3 is 4.90 Å². The number of aromatic nitrogens is 1.